The van der Waals surface area contributed by atoms with Crippen molar-refractivity contribution in [3.63, 3.8) is 0 Å². The van der Waals surface area contributed by atoms with E-state index in [0.29, 0.717) is 12.2 Å². The van der Waals surface area contributed by atoms with Crippen LogP contribution in [0.2, 0.25) is 0 Å². The number of benzene rings is 2. The molecule has 0 aliphatic carbocycles. The van der Waals surface area contributed by atoms with E-state index in [1.165, 1.54) is 12.3 Å². The molecule has 3 N–H and O–H groups in total. The molecular formula is C36H31F12I2N5O7V. The summed E-state index contributed by atoms with van der Waals surface area (Å²) in [5, 5.41) is 10.7. The fourth-order valence-corrected chi connectivity index (χ4v) is 3.90. The Balaban J connectivity index is 0.000000996. The molecule has 0 aliphatic heterocycles. The number of rotatable bonds is 14. The molecule has 4 rings (SSSR count). The fraction of sp³-hybridized carbons (Fsp3) is 0.306. The number of esters is 1. The molecule has 63 heavy (non-hydrogen) atoms. The van der Waals surface area contributed by atoms with Gasteiger partial charge in [0.25, 0.3) is 5.91 Å². The molecule has 0 aliphatic rings. The van der Waals surface area contributed by atoms with E-state index in [0.717, 1.165) is 42.1 Å². The predicted octanol–water partition coefficient (Wildman–Crippen LogP) is 9.45. The summed E-state index contributed by atoms with van der Waals surface area (Å²) in [5.41, 5.74) is 5.69. The molecule has 27 heteroatoms. The molecule has 0 atom stereocenters. The molecule has 4 aromatic rings. The van der Waals surface area contributed by atoms with Crippen LogP contribution in [0.4, 0.5) is 52.7 Å². The predicted molar refractivity (Wildman–Crippen MR) is 211 cm³/mol. The van der Waals surface area contributed by atoms with Crippen molar-refractivity contribution >= 4 is 49.1 Å². The zero-order valence-electron chi connectivity index (χ0n) is 31.5. The van der Waals surface area contributed by atoms with Gasteiger partial charge in [-0.15, -0.1) is 0 Å². The van der Waals surface area contributed by atoms with Gasteiger partial charge in [-0.05, 0) is 60.7 Å². The molecule has 0 saturated carbocycles. The zero-order valence-corrected chi connectivity index (χ0v) is 37.3. The van der Waals surface area contributed by atoms with Crippen molar-refractivity contribution in [1.29, 1.82) is 5.26 Å². The Morgan fingerprint density at radius 1 is 0.635 bits per heavy atom. The van der Waals surface area contributed by atoms with Crippen LogP contribution in [-0.4, -0.2) is 79.6 Å². The topological polar surface area (TPSA) is 168 Å². The molecule has 0 bridgehead atoms. The van der Waals surface area contributed by atoms with E-state index in [1.54, 1.807) is 24.4 Å². The molecule has 2 aromatic carbocycles. The minimum Gasteiger partial charge on any atom is -0.484 e. The van der Waals surface area contributed by atoms with E-state index < -0.39 is 98.0 Å². The third-order valence-corrected chi connectivity index (χ3v) is 6.31. The van der Waals surface area contributed by atoms with Crippen molar-refractivity contribution < 1.29 is 105 Å². The van der Waals surface area contributed by atoms with E-state index in [1.807, 2.05) is 18.2 Å². The molecule has 1 amide bonds. The summed E-state index contributed by atoms with van der Waals surface area (Å²) in [6, 6.07) is 17.3. The van der Waals surface area contributed by atoms with Crippen molar-refractivity contribution in [2.45, 2.75) is 37.8 Å². The molecular weight excluding hydrogens is 1150 g/mol. The number of nitrogens with zero attached hydrogens (tertiary/aromatic N) is 3. The van der Waals surface area contributed by atoms with Gasteiger partial charge in [0.15, 0.2) is 33.0 Å². The van der Waals surface area contributed by atoms with Crippen molar-refractivity contribution in [3.05, 3.63) is 108 Å². The van der Waals surface area contributed by atoms with Gasteiger partial charge in [-0.25, -0.2) is 4.79 Å². The van der Waals surface area contributed by atoms with Crippen LogP contribution in [0.5, 0.6) is 23.0 Å². The monoisotopic (exact) mass is 1180 g/mol. The number of nitrogens with one attached hydrogen (secondary N) is 1. The number of halogens is 14. The SMILES string of the molecule is II.N#CCOC(=O)c1cc(OCC(F)(F)F)ccc1OCC(F)(F)F.NCc1ccccn1.O=C(NCc1ccccn1)c1cc(OCC(F)(F)F)ccc1OCC(F)(F)F.[V]. The molecule has 12 nitrogen and oxygen atoms in total. The number of aromatic nitrogens is 2. The van der Waals surface area contributed by atoms with Gasteiger partial charge in [0.2, 0.25) is 0 Å². The number of hydrogen-bond acceptors (Lipinski definition) is 11. The Hall–Kier alpha value is -4.47. The second-order valence-corrected chi connectivity index (χ2v) is 11.2. The molecule has 0 saturated heterocycles. The van der Waals surface area contributed by atoms with Crippen LogP contribution in [0.3, 0.4) is 0 Å². The number of nitriles is 1. The minimum atomic E-state index is -4.70. The Bertz CT molecular complexity index is 2000. The Kier molecular flexibility index (Phi) is 27.0. The number of amides is 1. The Morgan fingerprint density at radius 3 is 1.43 bits per heavy atom. The fourth-order valence-electron chi connectivity index (χ4n) is 3.90. The summed E-state index contributed by atoms with van der Waals surface area (Å²) in [5.74, 6) is -3.91. The summed E-state index contributed by atoms with van der Waals surface area (Å²) in [4.78, 5) is 32.0. The van der Waals surface area contributed by atoms with E-state index >= 15 is 0 Å². The molecule has 0 unspecified atom stereocenters. The van der Waals surface area contributed by atoms with E-state index in [4.69, 9.17) is 11.0 Å². The van der Waals surface area contributed by atoms with Crippen molar-refractivity contribution in [1.82, 2.24) is 15.3 Å². The Labute approximate surface area is 385 Å². The maximum absolute atomic E-state index is 12.4. The number of ether oxygens (including phenoxy) is 5. The Morgan fingerprint density at radius 2 is 1.05 bits per heavy atom. The van der Waals surface area contributed by atoms with Gasteiger partial charge in [0.05, 0.1) is 23.5 Å². The third-order valence-electron chi connectivity index (χ3n) is 6.31. The van der Waals surface area contributed by atoms with Gasteiger partial charge >= 0.3 is 30.7 Å². The van der Waals surface area contributed by atoms with Crippen LogP contribution in [0, 0.1) is 11.3 Å². The van der Waals surface area contributed by atoms with Gasteiger partial charge in [-0.2, -0.15) is 57.9 Å². The second kappa shape index (κ2) is 29.1. The first-order valence-electron chi connectivity index (χ1n) is 16.5. The molecule has 0 fully saturated rings. The van der Waals surface area contributed by atoms with Gasteiger partial charge in [0, 0.05) is 74.7 Å². The van der Waals surface area contributed by atoms with Crippen LogP contribution in [-0.2, 0) is 36.4 Å². The van der Waals surface area contributed by atoms with Crippen molar-refractivity contribution in [3.8, 4) is 29.1 Å². The van der Waals surface area contributed by atoms with Crippen molar-refractivity contribution in [2.75, 3.05) is 33.0 Å². The number of hydrogen-bond donors (Lipinski definition) is 2. The third kappa shape index (κ3) is 27.4. The van der Waals surface area contributed by atoms with Crippen LogP contribution in [0.1, 0.15) is 32.1 Å². The summed E-state index contributed by atoms with van der Waals surface area (Å²) >= 11 is 4.24. The smallest absolute Gasteiger partial charge is 0.422 e. The number of carbonyl (C=O) groups excluding carboxylic acids is 2. The maximum Gasteiger partial charge on any atom is 0.422 e. The average molecular weight is 1180 g/mol. The van der Waals surface area contributed by atoms with Crippen LogP contribution >= 0.6 is 37.2 Å². The first-order valence-corrected chi connectivity index (χ1v) is 22.8. The largest absolute Gasteiger partial charge is 0.484 e. The quantitative estimate of drug-likeness (QED) is 0.0701. The van der Waals surface area contributed by atoms with Gasteiger partial charge in [-0.1, -0.05) is 12.1 Å². The van der Waals surface area contributed by atoms with Crippen molar-refractivity contribution in [2.24, 2.45) is 5.73 Å². The first kappa shape index (κ1) is 58.5. The maximum atomic E-state index is 12.4. The first-order chi connectivity index (χ1) is 29.0. The molecule has 2 heterocycles. The van der Waals surface area contributed by atoms with Crippen LogP contribution < -0.4 is 30.0 Å². The van der Waals surface area contributed by atoms with Crippen LogP contribution in [0.25, 0.3) is 0 Å². The van der Waals surface area contributed by atoms with Crippen LogP contribution in [0.15, 0.2) is 85.2 Å². The number of nitrogens with two attached hydrogens (primary N) is 1. The summed E-state index contributed by atoms with van der Waals surface area (Å²) in [7, 11) is 0. The summed E-state index contributed by atoms with van der Waals surface area (Å²) in [6.07, 6.45) is -15.4. The van der Waals surface area contributed by atoms with E-state index in [-0.39, 0.29) is 30.8 Å². The number of alkyl halides is 12. The van der Waals surface area contributed by atoms with E-state index in [9.17, 15) is 62.3 Å². The number of pyridine rings is 2. The minimum absolute atomic E-state index is 0. The van der Waals surface area contributed by atoms with Gasteiger partial charge in [0.1, 0.15) is 34.6 Å². The number of carbonyl (C=O) groups is 2. The zero-order chi connectivity index (χ0) is 47.0. The molecule has 1 radical (unpaired) electrons. The average Bonchev–Trinajstić information content (AvgIpc) is 3.22. The molecule has 345 valence electrons. The second-order valence-electron chi connectivity index (χ2n) is 11.2. The molecule has 2 aromatic heterocycles. The van der Waals surface area contributed by atoms with Gasteiger partial charge < -0.3 is 34.7 Å². The summed E-state index contributed by atoms with van der Waals surface area (Å²) in [6.45, 7) is -6.91. The normalized spacial score (nSPS) is 10.9. The summed E-state index contributed by atoms with van der Waals surface area (Å²) < 4.78 is 169. The van der Waals surface area contributed by atoms with E-state index in [2.05, 4.69) is 76.2 Å². The van der Waals surface area contributed by atoms with Gasteiger partial charge in [-0.3, -0.25) is 14.8 Å². The standard InChI is InChI=1S/C17H14F6N2O3.C13H9F6NO4.C6H8N2.I2.V/c18-16(19,20)9-27-12-4-5-14(28-10-17(21,22)23)13(7-12)15(26)25-8-11-3-1-2-6-24-11;14-12(15,16)6-23-8-1-2-10(24-7-13(17,18)19)9(5-8)11(21)22-4-3-20;7-5-6-3-1-2-4-8-6;1-2;/h1-7H,8-10H2,(H,25,26);1-2,5H,4,6-7H2;1-4H,5,7H2;;. The molecule has 0 spiro atoms.